The zero-order chi connectivity index (χ0) is 20.4. The van der Waals surface area contributed by atoms with Crippen molar-refractivity contribution in [2.45, 2.75) is 24.2 Å². The molecule has 29 heavy (non-hydrogen) atoms. The van der Waals surface area contributed by atoms with E-state index in [-0.39, 0.29) is 23.2 Å². The first-order valence-corrected chi connectivity index (χ1v) is 10.7. The lowest BCUT2D eigenvalue weighted by atomic mass is 10.1. The number of benzene rings is 2. The summed E-state index contributed by atoms with van der Waals surface area (Å²) in [6, 6.07) is 12.4. The molecule has 0 amide bonds. The van der Waals surface area contributed by atoms with Crippen molar-refractivity contribution in [1.29, 1.82) is 0 Å². The third-order valence-electron chi connectivity index (χ3n) is 4.81. The molecular weight excluding hydrogens is 397 g/mol. The molecule has 2 heterocycles. The molecule has 1 aliphatic heterocycles. The van der Waals surface area contributed by atoms with E-state index in [1.54, 1.807) is 36.4 Å². The van der Waals surface area contributed by atoms with Crippen molar-refractivity contribution >= 4 is 10.0 Å². The van der Waals surface area contributed by atoms with Gasteiger partial charge in [-0.1, -0.05) is 17.3 Å². The standard InChI is InChI=1S/C20H20FN3O4S/c1-2-27-17-5-3-4-6-18(17)29(25,26)24-12-11-15(13-24)20-22-19(23-28-20)14-7-9-16(21)10-8-14/h3-10,15H,2,11-13H2,1H3/t15-/m0/s1. The highest BCUT2D eigenvalue weighted by atomic mass is 32.2. The highest BCUT2D eigenvalue weighted by molar-refractivity contribution is 7.89. The fourth-order valence-electron chi connectivity index (χ4n) is 3.34. The lowest BCUT2D eigenvalue weighted by Crippen LogP contribution is -2.29. The van der Waals surface area contributed by atoms with Gasteiger partial charge in [0.15, 0.2) is 0 Å². The second kappa shape index (κ2) is 7.92. The molecule has 1 saturated heterocycles. The Bertz CT molecular complexity index is 1100. The Balaban J connectivity index is 1.53. The molecule has 4 rings (SSSR count). The lowest BCUT2D eigenvalue weighted by molar-refractivity contribution is 0.329. The first-order valence-electron chi connectivity index (χ1n) is 9.30. The largest absolute Gasteiger partial charge is 0.492 e. The van der Waals surface area contributed by atoms with Gasteiger partial charge in [0.05, 0.1) is 12.5 Å². The van der Waals surface area contributed by atoms with Crippen LogP contribution in [-0.2, 0) is 10.0 Å². The van der Waals surface area contributed by atoms with Gasteiger partial charge in [-0.2, -0.15) is 9.29 Å². The van der Waals surface area contributed by atoms with Crippen LogP contribution in [0.3, 0.4) is 0 Å². The van der Waals surface area contributed by atoms with Crippen LogP contribution < -0.4 is 4.74 Å². The number of halogens is 1. The summed E-state index contributed by atoms with van der Waals surface area (Å²) in [4.78, 5) is 4.53. The topological polar surface area (TPSA) is 85.5 Å². The molecule has 1 atom stereocenters. The van der Waals surface area contributed by atoms with Gasteiger partial charge in [-0.3, -0.25) is 0 Å². The van der Waals surface area contributed by atoms with Crippen LogP contribution in [-0.4, -0.2) is 42.6 Å². The third-order valence-corrected chi connectivity index (χ3v) is 6.72. The van der Waals surface area contributed by atoms with E-state index in [4.69, 9.17) is 9.26 Å². The Morgan fingerprint density at radius 2 is 1.97 bits per heavy atom. The summed E-state index contributed by atoms with van der Waals surface area (Å²) in [5.41, 5.74) is 0.634. The average Bonchev–Trinajstić information content (AvgIpc) is 3.39. The highest BCUT2D eigenvalue weighted by Gasteiger charge is 2.37. The summed E-state index contributed by atoms with van der Waals surface area (Å²) >= 11 is 0. The van der Waals surface area contributed by atoms with E-state index in [0.29, 0.717) is 42.6 Å². The first kappa shape index (κ1) is 19.5. The van der Waals surface area contributed by atoms with Crippen molar-refractivity contribution < 1.29 is 22.1 Å². The van der Waals surface area contributed by atoms with Crippen LogP contribution in [0.1, 0.15) is 25.2 Å². The number of aromatic nitrogens is 2. The number of para-hydroxylation sites is 1. The van der Waals surface area contributed by atoms with E-state index in [9.17, 15) is 12.8 Å². The van der Waals surface area contributed by atoms with Crippen molar-refractivity contribution in [1.82, 2.24) is 14.4 Å². The second-order valence-corrected chi connectivity index (χ2v) is 8.60. The van der Waals surface area contributed by atoms with Gasteiger partial charge in [-0.25, -0.2) is 12.8 Å². The van der Waals surface area contributed by atoms with E-state index in [1.165, 1.54) is 16.4 Å². The maximum atomic E-state index is 13.1. The van der Waals surface area contributed by atoms with Crippen LogP contribution in [0.25, 0.3) is 11.4 Å². The van der Waals surface area contributed by atoms with Crippen LogP contribution in [0.15, 0.2) is 57.9 Å². The van der Waals surface area contributed by atoms with Crippen molar-refractivity contribution in [2.24, 2.45) is 0 Å². The molecule has 0 aliphatic carbocycles. The van der Waals surface area contributed by atoms with E-state index in [0.717, 1.165) is 0 Å². The van der Waals surface area contributed by atoms with Crippen LogP contribution in [0.5, 0.6) is 5.75 Å². The fourth-order valence-corrected chi connectivity index (χ4v) is 4.97. The Labute approximate surface area is 168 Å². The maximum Gasteiger partial charge on any atom is 0.246 e. The Hall–Kier alpha value is -2.78. The van der Waals surface area contributed by atoms with Crippen molar-refractivity contribution in [3.8, 4) is 17.1 Å². The van der Waals surface area contributed by atoms with Crippen molar-refractivity contribution in [3.63, 3.8) is 0 Å². The summed E-state index contributed by atoms with van der Waals surface area (Å²) in [6.07, 6.45) is 0.571. The molecular formula is C20H20FN3O4S. The number of hydrogen-bond acceptors (Lipinski definition) is 6. The fraction of sp³-hybridized carbons (Fsp3) is 0.300. The van der Waals surface area contributed by atoms with Gasteiger partial charge in [-0.05, 0) is 49.7 Å². The molecule has 7 nitrogen and oxygen atoms in total. The van der Waals surface area contributed by atoms with E-state index < -0.39 is 10.0 Å². The average molecular weight is 417 g/mol. The van der Waals surface area contributed by atoms with E-state index in [1.807, 2.05) is 6.92 Å². The Morgan fingerprint density at radius 3 is 2.72 bits per heavy atom. The predicted octanol–water partition coefficient (Wildman–Crippen LogP) is 3.45. The van der Waals surface area contributed by atoms with E-state index >= 15 is 0 Å². The summed E-state index contributed by atoms with van der Waals surface area (Å²) < 4.78 is 51.6. The summed E-state index contributed by atoms with van der Waals surface area (Å²) in [7, 11) is -3.71. The van der Waals surface area contributed by atoms with Crippen LogP contribution in [0.4, 0.5) is 4.39 Å². The van der Waals surface area contributed by atoms with Gasteiger partial charge in [0, 0.05) is 18.7 Å². The Morgan fingerprint density at radius 1 is 1.21 bits per heavy atom. The minimum absolute atomic E-state index is 0.153. The van der Waals surface area contributed by atoms with Gasteiger partial charge < -0.3 is 9.26 Å². The van der Waals surface area contributed by atoms with Gasteiger partial charge >= 0.3 is 0 Å². The molecule has 1 aliphatic rings. The quantitative estimate of drug-likeness (QED) is 0.611. The molecule has 3 aromatic rings. The molecule has 9 heteroatoms. The zero-order valence-corrected chi connectivity index (χ0v) is 16.6. The third kappa shape index (κ3) is 3.88. The predicted molar refractivity (Wildman–Crippen MR) is 103 cm³/mol. The maximum absolute atomic E-state index is 13.1. The van der Waals surface area contributed by atoms with Gasteiger partial charge in [0.2, 0.25) is 21.7 Å². The molecule has 1 aromatic heterocycles. The number of rotatable bonds is 6. The number of nitrogens with zero attached hydrogens (tertiary/aromatic N) is 3. The number of ether oxygens (including phenoxy) is 1. The van der Waals surface area contributed by atoms with Crippen LogP contribution in [0, 0.1) is 5.82 Å². The van der Waals surface area contributed by atoms with Gasteiger partial charge in [0.1, 0.15) is 16.5 Å². The minimum atomic E-state index is -3.71. The molecule has 0 saturated carbocycles. The summed E-state index contributed by atoms with van der Waals surface area (Å²) in [5, 5.41) is 3.95. The summed E-state index contributed by atoms with van der Waals surface area (Å²) in [5.74, 6) is 0.519. The van der Waals surface area contributed by atoms with Crippen molar-refractivity contribution in [2.75, 3.05) is 19.7 Å². The highest BCUT2D eigenvalue weighted by Crippen LogP contribution is 2.34. The van der Waals surface area contributed by atoms with Gasteiger partial charge in [0.25, 0.3) is 0 Å². The molecule has 2 aromatic carbocycles. The second-order valence-electron chi connectivity index (χ2n) is 6.69. The minimum Gasteiger partial charge on any atom is -0.492 e. The Kier molecular flexibility index (Phi) is 5.33. The molecule has 0 unspecified atom stereocenters. The molecule has 0 spiro atoms. The molecule has 0 N–H and O–H groups in total. The van der Waals surface area contributed by atoms with Crippen LogP contribution >= 0.6 is 0 Å². The zero-order valence-electron chi connectivity index (χ0n) is 15.8. The smallest absolute Gasteiger partial charge is 0.246 e. The SMILES string of the molecule is CCOc1ccccc1S(=O)(=O)N1CC[C@H](c2nc(-c3ccc(F)cc3)no2)C1. The van der Waals surface area contributed by atoms with Gasteiger partial charge in [-0.15, -0.1) is 0 Å². The normalized spacial score (nSPS) is 17.5. The molecule has 0 bridgehead atoms. The van der Waals surface area contributed by atoms with Crippen LogP contribution in [0.2, 0.25) is 0 Å². The lowest BCUT2D eigenvalue weighted by Gasteiger charge is -2.18. The first-order chi connectivity index (χ1) is 14.0. The molecule has 1 fully saturated rings. The summed E-state index contributed by atoms with van der Waals surface area (Å²) in [6.45, 7) is 2.78. The number of sulfonamides is 1. The van der Waals surface area contributed by atoms with E-state index in [2.05, 4.69) is 10.1 Å². The monoisotopic (exact) mass is 417 g/mol. The molecule has 152 valence electrons. The number of hydrogen-bond donors (Lipinski definition) is 0. The van der Waals surface area contributed by atoms with Crippen molar-refractivity contribution in [3.05, 3.63) is 60.2 Å². The molecule has 0 radical (unpaired) electrons.